The zero-order chi connectivity index (χ0) is 22.5. The molecule has 3 amide bonds. The molecular weight excluding hydrogens is 442 g/mol. The third-order valence-corrected chi connectivity index (χ3v) is 4.68. The summed E-state index contributed by atoms with van der Waals surface area (Å²) in [6.45, 7) is 1.66. The summed E-state index contributed by atoms with van der Waals surface area (Å²) in [5, 5.41) is 2.63. The number of nitrogens with two attached hydrogens (primary N) is 1. The molecule has 2 aromatic carbocycles. The Balaban J connectivity index is 2.00. The maximum atomic E-state index is 13.1. The van der Waals surface area contributed by atoms with Crippen LogP contribution in [0.2, 0.25) is 5.02 Å². The van der Waals surface area contributed by atoms with Crippen molar-refractivity contribution in [2.75, 3.05) is 18.1 Å². The van der Waals surface area contributed by atoms with Gasteiger partial charge in [0.1, 0.15) is 5.57 Å². The third kappa shape index (κ3) is 5.01. The first-order chi connectivity index (χ1) is 14.8. The SMILES string of the molecule is CCOc1cc(/C=C2/C(=O)NC(=S)N(c3ccccc3)C2=O)cc(Cl)c1OCC(N)=O. The number of rotatable bonds is 7. The minimum atomic E-state index is -0.675. The standard InChI is InChI=1S/C21H18ClN3O5S/c1-2-29-16-10-12(9-15(22)18(16)30-11-17(23)26)8-14-19(27)24-21(31)25(20(14)28)13-6-4-3-5-7-13/h3-10H,2,11H2,1H3,(H2,23,26)(H,24,27,31)/b14-8-. The largest absolute Gasteiger partial charge is 0.490 e. The number of nitrogens with zero attached hydrogens (tertiary/aromatic N) is 1. The number of para-hydroxylation sites is 1. The molecule has 2 aromatic rings. The van der Waals surface area contributed by atoms with Gasteiger partial charge in [0.2, 0.25) is 0 Å². The third-order valence-electron chi connectivity index (χ3n) is 4.12. The van der Waals surface area contributed by atoms with Crippen LogP contribution in [-0.4, -0.2) is 36.0 Å². The fourth-order valence-corrected chi connectivity index (χ4v) is 3.41. The van der Waals surface area contributed by atoms with Crippen LogP contribution >= 0.6 is 23.8 Å². The molecule has 0 aromatic heterocycles. The molecule has 31 heavy (non-hydrogen) atoms. The molecule has 10 heteroatoms. The zero-order valence-corrected chi connectivity index (χ0v) is 18.0. The Bertz CT molecular complexity index is 1090. The van der Waals surface area contributed by atoms with Crippen molar-refractivity contribution in [3.63, 3.8) is 0 Å². The van der Waals surface area contributed by atoms with Crippen LogP contribution in [0.4, 0.5) is 5.69 Å². The van der Waals surface area contributed by atoms with Crippen molar-refractivity contribution < 1.29 is 23.9 Å². The van der Waals surface area contributed by atoms with Gasteiger partial charge in [-0.15, -0.1) is 0 Å². The van der Waals surface area contributed by atoms with Gasteiger partial charge in [0.15, 0.2) is 23.2 Å². The van der Waals surface area contributed by atoms with E-state index in [4.69, 9.17) is 39.0 Å². The van der Waals surface area contributed by atoms with Crippen molar-refractivity contribution >= 4 is 58.4 Å². The van der Waals surface area contributed by atoms with Crippen molar-refractivity contribution in [1.82, 2.24) is 5.32 Å². The number of primary amides is 1. The van der Waals surface area contributed by atoms with Crippen LogP contribution in [0.5, 0.6) is 11.5 Å². The maximum absolute atomic E-state index is 13.1. The van der Waals surface area contributed by atoms with Gasteiger partial charge in [-0.3, -0.25) is 24.6 Å². The van der Waals surface area contributed by atoms with E-state index in [9.17, 15) is 14.4 Å². The molecule has 0 atom stereocenters. The number of ether oxygens (including phenoxy) is 2. The first-order valence-corrected chi connectivity index (χ1v) is 9.94. The highest BCUT2D eigenvalue weighted by molar-refractivity contribution is 7.80. The summed E-state index contributed by atoms with van der Waals surface area (Å²) >= 11 is 11.5. The van der Waals surface area contributed by atoms with Gasteiger partial charge in [0.05, 0.1) is 17.3 Å². The number of nitrogens with one attached hydrogen (secondary N) is 1. The second-order valence-corrected chi connectivity index (χ2v) is 7.11. The number of hydrogen-bond donors (Lipinski definition) is 2. The van der Waals surface area contributed by atoms with Crippen LogP contribution in [0.25, 0.3) is 6.08 Å². The molecule has 160 valence electrons. The fourth-order valence-electron chi connectivity index (χ4n) is 2.85. The van der Waals surface area contributed by atoms with Gasteiger partial charge >= 0.3 is 0 Å². The number of amides is 3. The molecular formula is C21H18ClN3O5S. The van der Waals surface area contributed by atoms with Gasteiger partial charge in [-0.2, -0.15) is 0 Å². The van der Waals surface area contributed by atoms with Gasteiger partial charge in [-0.1, -0.05) is 29.8 Å². The Kier molecular flexibility index (Phi) is 6.88. The van der Waals surface area contributed by atoms with Gasteiger partial charge in [0.25, 0.3) is 17.7 Å². The van der Waals surface area contributed by atoms with Crippen molar-refractivity contribution in [3.8, 4) is 11.5 Å². The minimum absolute atomic E-state index is 0.0124. The lowest BCUT2D eigenvalue weighted by Crippen LogP contribution is -2.54. The number of carbonyl (C=O) groups is 3. The Labute approximate surface area is 188 Å². The normalized spacial score (nSPS) is 15.1. The summed E-state index contributed by atoms with van der Waals surface area (Å²) in [5.41, 5.74) is 5.92. The summed E-state index contributed by atoms with van der Waals surface area (Å²) in [6.07, 6.45) is 1.38. The lowest BCUT2D eigenvalue weighted by Gasteiger charge is -2.28. The van der Waals surface area contributed by atoms with Crippen LogP contribution in [0.1, 0.15) is 12.5 Å². The molecule has 0 saturated carbocycles. The highest BCUT2D eigenvalue weighted by Gasteiger charge is 2.34. The first kappa shape index (κ1) is 22.3. The number of thiocarbonyl (C=S) groups is 1. The topological polar surface area (TPSA) is 111 Å². The van der Waals surface area contributed by atoms with Crippen molar-refractivity contribution in [1.29, 1.82) is 0 Å². The summed E-state index contributed by atoms with van der Waals surface area (Å²) in [6, 6.07) is 11.7. The molecule has 1 fully saturated rings. The average Bonchev–Trinajstić information content (AvgIpc) is 2.71. The van der Waals surface area contributed by atoms with Gasteiger partial charge in [-0.25, -0.2) is 0 Å². The number of hydrogen-bond acceptors (Lipinski definition) is 6. The molecule has 0 spiro atoms. The lowest BCUT2D eigenvalue weighted by molar-refractivity contribution is -0.122. The molecule has 8 nitrogen and oxygen atoms in total. The van der Waals surface area contributed by atoms with Gasteiger partial charge in [-0.05, 0) is 55.0 Å². The molecule has 1 heterocycles. The molecule has 3 N–H and O–H groups in total. The van der Waals surface area contributed by atoms with E-state index in [1.54, 1.807) is 43.3 Å². The van der Waals surface area contributed by atoms with Gasteiger partial charge < -0.3 is 15.2 Å². The molecule has 0 unspecified atom stereocenters. The molecule has 0 radical (unpaired) electrons. The Morgan fingerprint density at radius 3 is 2.58 bits per heavy atom. The van der Waals surface area contributed by atoms with Crippen molar-refractivity contribution in [3.05, 3.63) is 58.6 Å². The van der Waals surface area contributed by atoms with E-state index in [2.05, 4.69) is 5.32 Å². The number of anilines is 1. The van der Waals surface area contributed by atoms with Crippen molar-refractivity contribution in [2.24, 2.45) is 5.73 Å². The van der Waals surface area contributed by atoms with E-state index in [-0.39, 0.29) is 33.8 Å². The number of carbonyl (C=O) groups excluding carboxylic acids is 3. The summed E-state index contributed by atoms with van der Waals surface area (Å²) < 4.78 is 10.9. The highest BCUT2D eigenvalue weighted by Crippen LogP contribution is 2.37. The van der Waals surface area contributed by atoms with E-state index >= 15 is 0 Å². The summed E-state index contributed by atoms with van der Waals surface area (Å²) in [4.78, 5) is 37.8. The Hall–Kier alpha value is -3.43. The van der Waals surface area contributed by atoms with Gasteiger partial charge in [0, 0.05) is 0 Å². The molecule has 0 bridgehead atoms. The second-order valence-electron chi connectivity index (χ2n) is 6.31. The van der Waals surface area contributed by atoms with Crippen LogP contribution in [0.3, 0.4) is 0 Å². The second kappa shape index (κ2) is 9.59. The molecule has 3 rings (SSSR count). The average molecular weight is 460 g/mol. The van der Waals surface area contributed by atoms with Crippen molar-refractivity contribution in [2.45, 2.75) is 6.92 Å². The predicted octanol–water partition coefficient (Wildman–Crippen LogP) is 2.43. The minimum Gasteiger partial charge on any atom is -0.490 e. The molecule has 1 saturated heterocycles. The fraction of sp³-hybridized carbons (Fsp3) is 0.143. The van der Waals surface area contributed by atoms with Crippen LogP contribution < -0.4 is 25.4 Å². The lowest BCUT2D eigenvalue weighted by atomic mass is 10.1. The Morgan fingerprint density at radius 1 is 1.23 bits per heavy atom. The first-order valence-electron chi connectivity index (χ1n) is 9.15. The highest BCUT2D eigenvalue weighted by atomic mass is 35.5. The summed E-state index contributed by atoms with van der Waals surface area (Å²) in [5.74, 6) is -1.52. The van der Waals surface area contributed by atoms with E-state index in [0.29, 0.717) is 17.9 Å². The van der Waals surface area contributed by atoms with E-state index in [1.165, 1.54) is 17.0 Å². The van der Waals surface area contributed by atoms with E-state index in [0.717, 1.165) is 0 Å². The number of benzene rings is 2. The zero-order valence-electron chi connectivity index (χ0n) is 16.4. The van der Waals surface area contributed by atoms with Crippen LogP contribution in [0, 0.1) is 0 Å². The Morgan fingerprint density at radius 2 is 1.94 bits per heavy atom. The van der Waals surface area contributed by atoms with E-state index in [1.807, 2.05) is 0 Å². The monoisotopic (exact) mass is 459 g/mol. The molecule has 1 aliphatic heterocycles. The smallest absolute Gasteiger partial charge is 0.270 e. The number of halogens is 1. The van der Waals surface area contributed by atoms with Crippen LogP contribution in [-0.2, 0) is 14.4 Å². The maximum Gasteiger partial charge on any atom is 0.270 e. The van der Waals surface area contributed by atoms with Crippen LogP contribution in [0.15, 0.2) is 48.0 Å². The quantitative estimate of drug-likeness (QED) is 0.374. The molecule has 1 aliphatic rings. The van der Waals surface area contributed by atoms with E-state index < -0.39 is 17.7 Å². The summed E-state index contributed by atoms with van der Waals surface area (Å²) in [7, 11) is 0. The predicted molar refractivity (Wildman–Crippen MR) is 120 cm³/mol. The molecule has 0 aliphatic carbocycles.